The molecule has 1 unspecified atom stereocenters. The number of hydrogen-bond donors (Lipinski definition) is 1. The zero-order valence-electron chi connectivity index (χ0n) is 11.6. The third-order valence-electron chi connectivity index (χ3n) is 4.89. The van der Waals surface area contributed by atoms with E-state index in [9.17, 15) is 4.79 Å². The van der Waals surface area contributed by atoms with Gasteiger partial charge in [0, 0.05) is 13.1 Å². The molecule has 3 aliphatic rings. The molecule has 108 valence electrons. The second kappa shape index (κ2) is 5.41. The summed E-state index contributed by atoms with van der Waals surface area (Å²) in [5.41, 5.74) is 0.166. The number of hydrogen-bond acceptors (Lipinski definition) is 3. The standard InChI is InChI=1S/C15H25NO3/c17-14(18)11-16(9-12-3-4-12)10-13-5-8-15(19-13)6-1-2-7-15/h12-13H,1-11H2,(H,17,18). The molecule has 0 aromatic heterocycles. The summed E-state index contributed by atoms with van der Waals surface area (Å²) in [6.07, 6.45) is 10.1. The van der Waals surface area contributed by atoms with E-state index in [1.54, 1.807) is 0 Å². The van der Waals surface area contributed by atoms with Crippen molar-refractivity contribution in [3.63, 3.8) is 0 Å². The maximum absolute atomic E-state index is 11.0. The average Bonchev–Trinajstić information content (AvgIpc) is 2.90. The first-order valence-corrected chi connectivity index (χ1v) is 7.77. The SMILES string of the molecule is O=C(O)CN(CC1CC1)CC1CCC2(CCCC2)O1. The topological polar surface area (TPSA) is 49.8 Å². The van der Waals surface area contributed by atoms with E-state index >= 15 is 0 Å². The lowest BCUT2D eigenvalue weighted by molar-refractivity contribution is -0.139. The van der Waals surface area contributed by atoms with Crippen LogP contribution in [0.4, 0.5) is 0 Å². The van der Waals surface area contributed by atoms with Crippen LogP contribution in [0.2, 0.25) is 0 Å². The van der Waals surface area contributed by atoms with Gasteiger partial charge in [0.15, 0.2) is 0 Å². The molecule has 1 N–H and O–H groups in total. The Morgan fingerprint density at radius 2 is 1.89 bits per heavy atom. The van der Waals surface area contributed by atoms with Crippen molar-refractivity contribution in [3.05, 3.63) is 0 Å². The van der Waals surface area contributed by atoms with Gasteiger partial charge >= 0.3 is 5.97 Å². The van der Waals surface area contributed by atoms with Gasteiger partial charge in [-0.15, -0.1) is 0 Å². The lowest BCUT2D eigenvalue weighted by Gasteiger charge is -2.27. The number of aliphatic carboxylic acids is 1. The smallest absolute Gasteiger partial charge is 0.317 e. The summed E-state index contributed by atoms with van der Waals surface area (Å²) in [6.45, 7) is 1.92. The molecular formula is C15H25NO3. The van der Waals surface area contributed by atoms with E-state index in [2.05, 4.69) is 4.90 Å². The van der Waals surface area contributed by atoms with Crippen LogP contribution in [-0.4, -0.2) is 47.3 Å². The van der Waals surface area contributed by atoms with Crippen LogP contribution in [0.15, 0.2) is 0 Å². The van der Waals surface area contributed by atoms with Crippen molar-refractivity contribution in [2.24, 2.45) is 5.92 Å². The average molecular weight is 267 g/mol. The fraction of sp³-hybridized carbons (Fsp3) is 0.933. The Balaban J connectivity index is 1.51. The van der Waals surface area contributed by atoms with Crippen LogP contribution in [-0.2, 0) is 9.53 Å². The van der Waals surface area contributed by atoms with Crippen molar-refractivity contribution in [1.29, 1.82) is 0 Å². The quantitative estimate of drug-likeness (QED) is 0.802. The molecule has 2 aliphatic carbocycles. The number of carboxylic acid groups (broad SMARTS) is 1. The first kappa shape index (κ1) is 13.4. The van der Waals surface area contributed by atoms with Gasteiger partial charge in [-0.2, -0.15) is 0 Å². The van der Waals surface area contributed by atoms with Crippen LogP contribution >= 0.6 is 0 Å². The molecule has 1 aliphatic heterocycles. The van der Waals surface area contributed by atoms with E-state index in [0.717, 1.165) is 25.4 Å². The molecule has 4 heteroatoms. The van der Waals surface area contributed by atoms with E-state index < -0.39 is 5.97 Å². The highest BCUT2D eigenvalue weighted by Gasteiger charge is 2.42. The molecule has 1 saturated heterocycles. The Hall–Kier alpha value is -0.610. The largest absolute Gasteiger partial charge is 0.480 e. The molecule has 3 rings (SSSR count). The Bertz CT molecular complexity index is 334. The van der Waals surface area contributed by atoms with Gasteiger partial charge in [-0.1, -0.05) is 12.8 Å². The molecule has 4 nitrogen and oxygen atoms in total. The molecule has 0 aromatic carbocycles. The second-order valence-corrected chi connectivity index (χ2v) is 6.70. The Morgan fingerprint density at radius 3 is 2.53 bits per heavy atom. The zero-order chi connectivity index (χ0) is 13.3. The van der Waals surface area contributed by atoms with Crippen LogP contribution in [0.25, 0.3) is 0 Å². The molecule has 0 aromatic rings. The minimum Gasteiger partial charge on any atom is -0.480 e. The number of carboxylic acids is 1. The third kappa shape index (κ3) is 3.48. The maximum Gasteiger partial charge on any atom is 0.317 e. The van der Waals surface area contributed by atoms with Crippen molar-refractivity contribution in [3.8, 4) is 0 Å². The minimum atomic E-state index is -0.714. The Morgan fingerprint density at radius 1 is 1.16 bits per heavy atom. The summed E-state index contributed by atoms with van der Waals surface area (Å²) in [4.78, 5) is 13.0. The maximum atomic E-state index is 11.0. The molecule has 3 fully saturated rings. The molecule has 0 bridgehead atoms. The normalized spacial score (nSPS) is 29.4. The van der Waals surface area contributed by atoms with E-state index in [1.165, 1.54) is 44.9 Å². The first-order chi connectivity index (χ1) is 9.15. The fourth-order valence-corrected chi connectivity index (χ4v) is 3.76. The van der Waals surface area contributed by atoms with Gasteiger partial charge in [0.1, 0.15) is 0 Å². The third-order valence-corrected chi connectivity index (χ3v) is 4.89. The van der Waals surface area contributed by atoms with Crippen molar-refractivity contribution in [2.45, 2.75) is 63.1 Å². The van der Waals surface area contributed by atoms with Gasteiger partial charge in [-0.05, 0) is 44.4 Å². The molecule has 1 atom stereocenters. The Kier molecular flexibility index (Phi) is 3.81. The summed E-state index contributed by atoms with van der Waals surface area (Å²) in [7, 11) is 0. The summed E-state index contributed by atoms with van der Waals surface area (Å²) < 4.78 is 6.29. The second-order valence-electron chi connectivity index (χ2n) is 6.70. The van der Waals surface area contributed by atoms with Crippen molar-refractivity contribution < 1.29 is 14.6 Å². The molecule has 2 saturated carbocycles. The van der Waals surface area contributed by atoms with Crippen LogP contribution in [0, 0.1) is 5.92 Å². The van der Waals surface area contributed by atoms with E-state index in [-0.39, 0.29) is 18.2 Å². The molecule has 1 heterocycles. The summed E-state index contributed by atoms with van der Waals surface area (Å²) in [6, 6.07) is 0. The van der Waals surface area contributed by atoms with E-state index in [1.807, 2.05) is 0 Å². The van der Waals surface area contributed by atoms with Crippen LogP contribution in [0.3, 0.4) is 0 Å². The first-order valence-electron chi connectivity index (χ1n) is 7.77. The molecular weight excluding hydrogens is 242 g/mol. The van der Waals surface area contributed by atoms with Crippen LogP contribution < -0.4 is 0 Å². The minimum absolute atomic E-state index is 0.166. The predicted octanol–water partition coefficient (Wildman–Crippen LogP) is 2.27. The summed E-state index contributed by atoms with van der Waals surface area (Å²) in [5.74, 6) is 0.0235. The zero-order valence-corrected chi connectivity index (χ0v) is 11.6. The summed E-state index contributed by atoms with van der Waals surface area (Å²) >= 11 is 0. The van der Waals surface area contributed by atoms with E-state index in [4.69, 9.17) is 9.84 Å². The fourth-order valence-electron chi connectivity index (χ4n) is 3.76. The van der Waals surface area contributed by atoms with Crippen molar-refractivity contribution in [2.75, 3.05) is 19.6 Å². The van der Waals surface area contributed by atoms with Crippen molar-refractivity contribution >= 4 is 5.97 Å². The number of nitrogens with zero attached hydrogens (tertiary/aromatic N) is 1. The van der Waals surface area contributed by atoms with E-state index in [0.29, 0.717) is 0 Å². The van der Waals surface area contributed by atoms with Crippen LogP contribution in [0.1, 0.15) is 51.4 Å². The number of ether oxygens (including phenoxy) is 1. The predicted molar refractivity (Wildman–Crippen MR) is 72.1 cm³/mol. The number of rotatable bonds is 6. The van der Waals surface area contributed by atoms with Gasteiger partial charge in [0.2, 0.25) is 0 Å². The molecule has 19 heavy (non-hydrogen) atoms. The Labute approximate surface area is 115 Å². The van der Waals surface area contributed by atoms with Gasteiger partial charge in [0.25, 0.3) is 0 Å². The molecule has 0 radical (unpaired) electrons. The van der Waals surface area contributed by atoms with Crippen molar-refractivity contribution in [1.82, 2.24) is 4.90 Å². The van der Waals surface area contributed by atoms with Gasteiger partial charge < -0.3 is 9.84 Å². The lowest BCUT2D eigenvalue weighted by atomic mass is 9.98. The highest BCUT2D eigenvalue weighted by Crippen LogP contribution is 2.43. The lowest BCUT2D eigenvalue weighted by Crippen LogP contribution is -2.38. The molecule has 0 amide bonds. The highest BCUT2D eigenvalue weighted by atomic mass is 16.5. The van der Waals surface area contributed by atoms with Gasteiger partial charge in [0.05, 0.1) is 18.2 Å². The molecule has 1 spiro atoms. The number of carbonyl (C=O) groups is 1. The summed E-state index contributed by atoms with van der Waals surface area (Å²) in [5, 5.41) is 9.01. The highest BCUT2D eigenvalue weighted by molar-refractivity contribution is 5.69. The van der Waals surface area contributed by atoms with Gasteiger partial charge in [-0.25, -0.2) is 0 Å². The van der Waals surface area contributed by atoms with Gasteiger partial charge in [-0.3, -0.25) is 9.69 Å². The monoisotopic (exact) mass is 267 g/mol. The van der Waals surface area contributed by atoms with Crippen LogP contribution in [0.5, 0.6) is 0 Å².